The van der Waals surface area contributed by atoms with E-state index in [9.17, 15) is 4.79 Å². The molecule has 2 rings (SSSR count). The summed E-state index contributed by atoms with van der Waals surface area (Å²) in [5, 5.41) is 8.96. The van der Waals surface area contributed by atoms with E-state index >= 15 is 0 Å². The predicted molar refractivity (Wildman–Crippen MR) is 53.0 cm³/mol. The van der Waals surface area contributed by atoms with Gasteiger partial charge in [-0.25, -0.2) is 4.79 Å². The van der Waals surface area contributed by atoms with E-state index in [0.717, 1.165) is 23.3 Å². The highest BCUT2D eigenvalue weighted by Crippen LogP contribution is 2.47. The van der Waals surface area contributed by atoms with Crippen molar-refractivity contribution in [2.45, 2.75) is 25.7 Å². The summed E-state index contributed by atoms with van der Waals surface area (Å²) in [6, 6.07) is 0. The summed E-state index contributed by atoms with van der Waals surface area (Å²) in [6.45, 7) is 1.94. The summed E-state index contributed by atoms with van der Waals surface area (Å²) in [4.78, 5) is 12.0. The van der Waals surface area contributed by atoms with Crippen molar-refractivity contribution < 1.29 is 9.90 Å². The van der Waals surface area contributed by atoms with Gasteiger partial charge in [0.05, 0.1) is 5.56 Å². The molecule has 0 radical (unpaired) electrons. The molecule has 70 valence electrons. The van der Waals surface area contributed by atoms with Crippen LogP contribution in [0.3, 0.4) is 0 Å². The molecule has 0 spiro atoms. The van der Waals surface area contributed by atoms with Crippen molar-refractivity contribution in [2.75, 3.05) is 0 Å². The summed E-state index contributed by atoms with van der Waals surface area (Å²) in [5.41, 5.74) is 1.31. The number of carboxylic acids is 1. The molecule has 0 aromatic carbocycles. The number of carbonyl (C=O) groups is 1. The van der Waals surface area contributed by atoms with Crippen LogP contribution < -0.4 is 0 Å². The fourth-order valence-electron chi connectivity index (χ4n) is 1.59. The Morgan fingerprint density at radius 2 is 2.23 bits per heavy atom. The van der Waals surface area contributed by atoms with Gasteiger partial charge in [-0.3, -0.25) is 0 Å². The molecular weight excluding hydrogens is 208 g/mol. The zero-order chi connectivity index (χ0) is 9.59. The molecule has 1 aliphatic carbocycles. The Hall–Kier alpha value is -0.540. The maximum Gasteiger partial charge on any atom is 0.338 e. The molecule has 13 heavy (non-hydrogen) atoms. The first-order valence-electron chi connectivity index (χ1n) is 4.13. The van der Waals surface area contributed by atoms with Gasteiger partial charge in [-0.1, -0.05) is 11.6 Å². The summed E-state index contributed by atoms with van der Waals surface area (Å²) in [5.74, 6) is -0.439. The monoisotopic (exact) mass is 216 g/mol. The van der Waals surface area contributed by atoms with E-state index in [4.69, 9.17) is 16.7 Å². The minimum absolute atomic E-state index is 0.340. The zero-order valence-corrected chi connectivity index (χ0v) is 8.71. The summed E-state index contributed by atoms with van der Waals surface area (Å²) >= 11 is 7.23. The molecule has 1 fully saturated rings. The molecule has 1 saturated carbocycles. The van der Waals surface area contributed by atoms with E-state index in [1.165, 1.54) is 11.3 Å². The van der Waals surface area contributed by atoms with Gasteiger partial charge in [-0.2, -0.15) is 0 Å². The van der Waals surface area contributed by atoms with Crippen LogP contribution >= 0.6 is 22.9 Å². The van der Waals surface area contributed by atoms with E-state index in [-0.39, 0.29) is 0 Å². The molecule has 1 N–H and O–H groups in total. The minimum Gasteiger partial charge on any atom is -0.478 e. The molecule has 1 aromatic heterocycles. The first-order valence-corrected chi connectivity index (χ1v) is 5.32. The third kappa shape index (κ3) is 1.46. The Morgan fingerprint density at radius 3 is 2.69 bits per heavy atom. The van der Waals surface area contributed by atoms with Gasteiger partial charge in [-0.05, 0) is 31.2 Å². The Labute approximate surface area is 85.1 Å². The number of aryl methyl sites for hydroxylation is 1. The van der Waals surface area contributed by atoms with Crippen molar-refractivity contribution in [1.82, 2.24) is 0 Å². The van der Waals surface area contributed by atoms with Crippen molar-refractivity contribution in [3.8, 4) is 0 Å². The van der Waals surface area contributed by atoms with Crippen LogP contribution in [0.4, 0.5) is 0 Å². The molecular formula is C9H9ClO2S. The average Bonchev–Trinajstić information content (AvgIpc) is 2.77. The molecule has 1 heterocycles. The molecule has 4 heteroatoms. The summed E-state index contributed by atoms with van der Waals surface area (Å²) in [6.07, 6.45) is 2.21. The van der Waals surface area contributed by atoms with E-state index in [2.05, 4.69) is 0 Å². The van der Waals surface area contributed by atoms with Crippen LogP contribution in [0, 0.1) is 6.92 Å². The lowest BCUT2D eigenvalue weighted by Crippen LogP contribution is -1.99. The van der Waals surface area contributed by atoms with Crippen LogP contribution in [0.25, 0.3) is 0 Å². The standard InChI is InChI=1S/C9H9ClO2S/c1-4-6(5-2-3-5)7(9(11)12)8(10)13-4/h5H,2-3H2,1H3,(H,11,12). The average molecular weight is 217 g/mol. The number of thiophene rings is 1. The van der Waals surface area contributed by atoms with Crippen molar-refractivity contribution >= 4 is 28.9 Å². The molecule has 0 bridgehead atoms. The Kier molecular flexibility index (Phi) is 2.08. The third-order valence-electron chi connectivity index (χ3n) is 2.29. The van der Waals surface area contributed by atoms with Gasteiger partial charge < -0.3 is 5.11 Å². The molecule has 0 saturated heterocycles. The molecule has 0 amide bonds. The van der Waals surface area contributed by atoms with Crippen LogP contribution in [-0.2, 0) is 0 Å². The van der Waals surface area contributed by atoms with Crippen LogP contribution in [0.1, 0.15) is 39.6 Å². The van der Waals surface area contributed by atoms with Crippen LogP contribution in [-0.4, -0.2) is 11.1 Å². The van der Waals surface area contributed by atoms with Gasteiger partial charge in [0.1, 0.15) is 4.34 Å². The Morgan fingerprint density at radius 1 is 1.62 bits per heavy atom. The lowest BCUT2D eigenvalue weighted by molar-refractivity contribution is 0.0696. The molecule has 1 aromatic rings. The maximum atomic E-state index is 10.9. The van der Waals surface area contributed by atoms with Gasteiger partial charge in [-0.15, -0.1) is 11.3 Å². The maximum absolute atomic E-state index is 10.9. The number of rotatable bonds is 2. The molecule has 2 nitrogen and oxygen atoms in total. The van der Waals surface area contributed by atoms with Gasteiger partial charge in [0, 0.05) is 4.88 Å². The number of halogens is 1. The number of hydrogen-bond donors (Lipinski definition) is 1. The highest BCUT2D eigenvalue weighted by Gasteiger charge is 2.32. The molecule has 1 aliphatic rings. The van der Waals surface area contributed by atoms with Crippen molar-refractivity contribution in [1.29, 1.82) is 0 Å². The lowest BCUT2D eigenvalue weighted by atomic mass is 10.1. The van der Waals surface area contributed by atoms with Gasteiger partial charge in [0.15, 0.2) is 0 Å². The van der Waals surface area contributed by atoms with Gasteiger partial charge >= 0.3 is 5.97 Å². The molecule has 0 atom stereocenters. The van der Waals surface area contributed by atoms with Crippen LogP contribution in [0.2, 0.25) is 4.34 Å². The van der Waals surface area contributed by atoms with Crippen molar-refractivity contribution in [2.24, 2.45) is 0 Å². The number of carboxylic acid groups (broad SMARTS) is 1. The van der Waals surface area contributed by atoms with E-state index in [1.54, 1.807) is 0 Å². The largest absolute Gasteiger partial charge is 0.478 e. The van der Waals surface area contributed by atoms with E-state index < -0.39 is 5.97 Å². The Bertz CT molecular complexity index is 366. The fourth-order valence-corrected chi connectivity index (χ4v) is 3.06. The first-order chi connectivity index (χ1) is 6.11. The van der Waals surface area contributed by atoms with Crippen molar-refractivity contribution in [3.63, 3.8) is 0 Å². The molecule has 0 unspecified atom stereocenters. The van der Waals surface area contributed by atoms with Crippen LogP contribution in [0.15, 0.2) is 0 Å². The van der Waals surface area contributed by atoms with Gasteiger partial charge in [0.25, 0.3) is 0 Å². The second kappa shape index (κ2) is 3.00. The Balaban J connectivity index is 2.56. The third-order valence-corrected chi connectivity index (χ3v) is 3.62. The lowest BCUT2D eigenvalue weighted by Gasteiger charge is -1.98. The van der Waals surface area contributed by atoms with Crippen LogP contribution in [0.5, 0.6) is 0 Å². The molecule has 0 aliphatic heterocycles. The SMILES string of the molecule is Cc1sc(Cl)c(C(=O)O)c1C1CC1. The highest BCUT2D eigenvalue weighted by atomic mass is 35.5. The second-order valence-corrected chi connectivity index (χ2v) is 5.13. The number of hydrogen-bond acceptors (Lipinski definition) is 2. The number of aromatic carboxylic acids is 1. The zero-order valence-electron chi connectivity index (χ0n) is 7.13. The normalized spacial score (nSPS) is 16.2. The first kappa shape index (κ1) is 9.03. The van der Waals surface area contributed by atoms with E-state index in [0.29, 0.717) is 15.8 Å². The minimum atomic E-state index is -0.892. The van der Waals surface area contributed by atoms with Crippen molar-refractivity contribution in [3.05, 3.63) is 20.3 Å². The second-order valence-electron chi connectivity index (χ2n) is 3.30. The highest BCUT2D eigenvalue weighted by molar-refractivity contribution is 7.16. The van der Waals surface area contributed by atoms with Gasteiger partial charge in [0.2, 0.25) is 0 Å². The smallest absolute Gasteiger partial charge is 0.338 e. The topological polar surface area (TPSA) is 37.3 Å². The fraction of sp³-hybridized carbons (Fsp3) is 0.444. The predicted octanol–water partition coefficient (Wildman–Crippen LogP) is 3.29. The summed E-state index contributed by atoms with van der Waals surface area (Å²) in [7, 11) is 0. The quantitative estimate of drug-likeness (QED) is 0.824. The summed E-state index contributed by atoms with van der Waals surface area (Å²) < 4.78 is 0.423. The van der Waals surface area contributed by atoms with E-state index in [1.807, 2.05) is 6.92 Å².